The van der Waals surface area contributed by atoms with Gasteiger partial charge in [0.1, 0.15) is 23.7 Å². The van der Waals surface area contributed by atoms with E-state index in [-0.39, 0.29) is 18.1 Å². The van der Waals surface area contributed by atoms with E-state index in [2.05, 4.69) is 46.0 Å². The van der Waals surface area contributed by atoms with E-state index in [0.29, 0.717) is 18.0 Å². The first-order chi connectivity index (χ1) is 16.9. The third-order valence-electron chi connectivity index (χ3n) is 6.46. The van der Waals surface area contributed by atoms with Crippen LogP contribution in [0.2, 0.25) is 0 Å². The van der Waals surface area contributed by atoms with E-state index in [0.717, 1.165) is 31.8 Å². The maximum Gasteiger partial charge on any atom is 0.342 e. The first kappa shape index (κ1) is 24.7. The minimum Gasteiger partial charge on any atom is -0.489 e. The molecule has 0 bridgehead atoms. The molecule has 0 amide bonds. The Morgan fingerprint density at radius 2 is 1.89 bits per heavy atom. The van der Waals surface area contributed by atoms with Crippen molar-refractivity contribution in [2.75, 3.05) is 25.0 Å². The van der Waals surface area contributed by atoms with Crippen molar-refractivity contribution in [3.8, 4) is 5.75 Å². The zero-order valence-corrected chi connectivity index (χ0v) is 21.1. The molecule has 2 heterocycles. The van der Waals surface area contributed by atoms with Crippen LogP contribution in [0, 0.1) is 6.92 Å². The van der Waals surface area contributed by atoms with Crippen LogP contribution in [-0.4, -0.2) is 48.1 Å². The van der Waals surface area contributed by atoms with Gasteiger partial charge in [0, 0.05) is 38.9 Å². The number of likely N-dealkylation sites (N-methyl/N-ethyl adjacent to an activating group) is 1. The summed E-state index contributed by atoms with van der Waals surface area (Å²) in [6.07, 6.45) is 2.58. The number of hydrogen-bond acceptors (Lipinski definition) is 6. The van der Waals surface area contributed by atoms with Gasteiger partial charge in [0.05, 0.1) is 6.10 Å². The average molecular weight is 474 g/mol. The zero-order chi connectivity index (χ0) is 24.8. The van der Waals surface area contributed by atoms with Gasteiger partial charge in [0.15, 0.2) is 0 Å². The summed E-state index contributed by atoms with van der Waals surface area (Å²) in [6.45, 7) is 9.19. The molecular formula is C29H35N3O3. The fraction of sp³-hybridized carbons (Fsp3) is 0.379. The molecule has 1 aliphatic heterocycles. The van der Waals surface area contributed by atoms with Gasteiger partial charge in [0.25, 0.3) is 0 Å². The molecule has 0 aliphatic carbocycles. The minimum atomic E-state index is -0.325. The number of aromatic nitrogens is 1. The second-order valence-corrected chi connectivity index (χ2v) is 9.48. The molecule has 4 rings (SSSR count). The molecule has 0 N–H and O–H groups in total. The van der Waals surface area contributed by atoms with E-state index >= 15 is 0 Å². The number of nitrogens with zero attached hydrogens (tertiary/aromatic N) is 3. The van der Waals surface area contributed by atoms with E-state index in [1.54, 1.807) is 18.3 Å². The van der Waals surface area contributed by atoms with Crippen LogP contribution in [0.25, 0.3) is 0 Å². The molecule has 2 aromatic carbocycles. The lowest BCUT2D eigenvalue weighted by Crippen LogP contribution is -2.36. The Bertz CT molecular complexity index is 1130. The highest BCUT2D eigenvalue weighted by Gasteiger charge is 2.29. The van der Waals surface area contributed by atoms with Crippen molar-refractivity contribution in [1.29, 1.82) is 0 Å². The minimum absolute atomic E-state index is 0.165. The predicted octanol–water partition coefficient (Wildman–Crippen LogP) is 5.24. The van der Waals surface area contributed by atoms with Gasteiger partial charge >= 0.3 is 5.97 Å². The number of hydrogen-bond donors (Lipinski definition) is 0. The van der Waals surface area contributed by atoms with Crippen molar-refractivity contribution in [3.63, 3.8) is 0 Å². The number of anilines is 1. The standard InChI is InChI=1S/C29H35N3O3/c1-21(2)35-29(33)27-10-7-16-30-28(27)31(4)25-15-17-32(19-25)18-23-11-13-26(14-12-23)34-20-24-9-6-5-8-22(24)3/h5-14,16,21,25H,15,17-20H2,1-4H3/t25-/m1/s1. The lowest BCUT2D eigenvalue weighted by atomic mass is 10.1. The maximum atomic E-state index is 12.6. The van der Waals surface area contributed by atoms with E-state index in [9.17, 15) is 4.79 Å². The van der Waals surface area contributed by atoms with Crippen LogP contribution in [-0.2, 0) is 17.9 Å². The highest BCUT2D eigenvalue weighted by Crippen LogP contribution is 2.25. The largest absolute Gasteiger partial charge is 0.489 e. The number of rotatable bonds is 9. The number of ether oxygens (including phenoxy) is 2. The highest BCUT2D eigenvalue weighted by molar-refractivity contribution is 5.94. The molecule has 1 atom stereocenters. The summed E-state index contributed by atoms with van der Waals surface area (Å²) in [5, 5.41) is 0. The van der Waals surface area contributed by atoms with E-state index in [4.69, 9.17) is 9.47 Å². The quantitative estimate of drug-likeness (QED) is 0.396. The zero-order valence-electron chi connectivity index (χ0n) is 21.1. The molecule has 0 saturated carbocycles. The normalized spacial score (nSPS) is 15.9. The van der Waals surface area contributed by atoms with Crippen molar-refractivity contribution >= 4 is 11.8 Å². The van der Waals surface area contributed by atoms with Crippen molar-refractivity contribution in [2.45, 2.75) is 52.5 Å². The lowest BCUT2D eigenvalue weighted by molar-refractivity contribution is 0.0378. The predicted molar refractivity (Wildman–Crippen MR) is 139 cm³/mol. The van der Waals surface area contributed by atoms with Gasteiger partial charge in [-0.05, 0) is 68.1 Å². The number of likely N-dealkylation sites (tertiary alicyclic amines) is 1. The number of esters is 1. The first-order valence-electron chi connectivity index (χ1n) is 12.3. The number of carbonyl (C=O) groups excluding carboxylic acids is 1. The highest BCUT2D eigenvalue weighted by atomic mass is 16.5. The molecule has 1 saturated heterocycles. The van der Waals surface area contributed by atoms with Crippen LogP contribution in [0.5, 0.6) is 5.75 Å². The summed E-state index contributed by atoms with van der Waals surface area (Å²) in [6, 6.07) is 20.5. The van der Waals surface area contributed by atoms with E-state index in [1.807, 2.05) is 45.2 Å². The Labute approximate surface area is 208 Å². The van der Waals surface area contributed by atoms with Gasteiger partial charge in [-0.25, -0.2) is 9.78 Å². The van der Waals surface area contributed by atoms with Gasteiger partial charge in [0.2, 0.25) is 0 Å². The monoisotopic (exact) mass is 473 g/mol. The Morgan fingerprint density at radius 1 is 1.11 bits per heavy atom. The van der Waals surface area contributed by atoms with E-state index < -0.39 is 0 Å². The van der Waals surface area contributed by atoms with Gasteiger partial charge < -0.3 is 14.4 Å². The molecule has 1 fully saturated rings. The number of aryl methyl sites for hydroxylation is 1. The summed E-state index contributed by atoms with van der Waals surface area (Å²) in [4.78, 5) is 21.6. The molecule has 0 radical (unpaired) electrons. The van der Waals surface area contributed by atoms with Gasteiger partial charge in [-0.1, -0.05) is 36.4 Å². The van der Waals surface area contributed by atoms with Crippen LogP contribution < -0.4 is 9.64 Å². The second-order valence-electron chi connectivity index (χ2n) is 9.48. The van der Waals surface area contributed by atoms with Crippen molar-refractivity contribution < 1.29 is 14.3 Å². The Kier molecular flexibility index (Phi) is 8.03. The summed E-state index contributed by atoms with van der Waals surface area (Å²) < 4.78 is 11.4. The van der Waals surface area contributed by atoms with Crippen LogP contribution in [0.15, 0.2) is 66.9 Å². The van der Waals surface area contributed by atoms with Gasteiger partial charge in [-0.15, -0.1) is 0 Å². The number of carbonyl (C=O) groups is 1. The van der Waals surface area contributed by atoms with Crippen LogP contribution in [0.1, 0.15) is 47.3 Å². The summed E-state index contributed by atoms with van der Waals surface area (Å²) in [5.41, 5.74) is 4.23. The molecule has 184 valence electrons. The SMILES string of the molecule is Cc1ccccc1COc1ccc(CN2CC[C@@H](N(C)c3ncccc3C(=O)OC(C)C)C2)cc1. The van der Waals surface area contributed by atoms with Crippen molar-refractivity contribution in [3.05, 3.63) is 89.1 Å². The maximum absolute atomic E-state index is 12.6. The van der Waals surface area contributed by atoms with Crippen LogP contribution in [0.4, 0.5) is 5.82 Å². The molecule has 6 nitrogen and oxygen atoms in total. The average Bonchev–Trinajstić information content (AvgIpc) is 3.32. The second kappa shape index (κ2) is 11.4. The molecular weight excluding hydrogens is 438 g/mol. The molecule has 1 aliphatic rings. The molecule has 3 aromatic rings. The lowest BCUT2D eigenvalue weighted by Gasteiger charge is -2.27. The third-order valence-corrected chi connectivity index (χ3v) is 6.46. The smallest absolute Gasteiger partial charge is 0.342 e. The number of pyridine rings is 1. The summed E-state index contributed by atoms with van der Waals surface area (Å²) >= 11 is 0. The Balaban J connectivity index is 1.32. The topological polar surface area (TPSA) is 54.9 Å². The van der Waals surface area contributed by atoms with Gasteiger partial charge in [-0.2, -0.15) is 0 Å². The Hall–Kier alpha value is -3.38. The first-order valence-corrected chi connectivity index (χ1v) is 12.3. The van der Waals surface area contributed by atoms with Crippen LogP contribution >= 0.6 is 0 Å². The fourth-order valence-electron chi connectivity index (χ4n) is 4.44. The van der Waals surface area contributed by atoms with Crippen molar-refractivity contribution in [1.82, 2.24) is 9.88 Å². The summed E-state index contributed by atoms with van der Waals surface area (Å²) in [5.74, 6) is 1.24. The van der Waals surface area contributed by atoms with Gasteiger partial charge in [-0.3, -0.25) is 4.90 Å². The fourth-order valence-corrected chi connectivity index (χ4v) is 4.44. The van der Waals surface area contributed by atoms with Crippen LogP contribution in [0.3, 0.4) is 0 Å². The number of benzene rings is 2. The summed E-state index contributed by atoms with van der Waals surface area (Å²) in [7, 11) is 2.02. The molecule has 0 spiro atoms. The molecule has 1 aromatic heterocycles. The molecule has 35 heavy (non-hydrogen) atoms. The van der Waals surface area contributed by atoms with Crippen molar-refractivity contribution in [2.24, 2.45) is 0 Å². The Morgan fingerprint density at radius 3 is 2.63 bits per heavy atom. The molecule has 0 unspecified atom stereocenters. The molecule has 6 heteroatoms. The van der Waals surface area contributed by atoms with E-state index in [1.165, 1.54) is 16.7 Å². The third kappa shape index (κ3) is 6.40.